The highest BCUT2D eigenvalue weighted by Crippen LogP contribution is 2.30. The van der Waals surface area contributed by atoms with Crippen molar-refractivity contribution in [2.75, 3.05) is 32.7 Å². The Kier molecular flexibility index (Phi) is 4.76. The molecule has 0 spiro atoms. The van der Waals surface area contributed by atoms with Gasteiger partial charge in [-0.1, -0.05) is 24.3 Å². The molecule has 5 heteroatoms. The number of aliphatic hydroxyl groups excluding tert-OH is 1. The molecule has 2 fully saturated rings. The number of piperazine rings is 1. The minimum Gasteiger partial charge on any atom is -0.480 e. The van der Waals surface area contributed by atoms with Crippen molar-refractivity contribution >= 4 is 5.97 Å². The minimum atomic E-state index is -0.799. The number of hydrogen-bond donors (Lipinski definition) is 2. The van der Waals surface area contributed by atoms with Crippen molar-refractivity contribution in [2.45, 2.75) is 25.5 Å². The highest BCUT2D eigenvalue weighted by molar-refractivity contribution is 5.75. The number of hydrogen-bond acceptors (Lipinski definition) is 4. The number of carboxylic acid groups (broad SMARTS) is 1. The molecular weight excluding hydrogens is 280 g/mol. The average molecular weight is 304 g/mol. The van der Waals surface area contributed by atoms with Gasteiger partial charge in [-0.2, -0.15) is 0 Å². The molecule has 1 aromatic carbocycles. The van der Waals surface area contributed by atoms with Crippen LogP contribution in [0.25, 0.3) is 0 Å². The lowest BCUT2D eigenvalue weighted by Crippen LogP contribution is -2.49. The molecule has 1 aliphatic carbocycles. The van der Waals surface area contributed by atoms with Gasteiger partial charge in [0, 0.05) is 32.7 Å². The fourth-order valence-electron chi connectivity index (χ4n) is 3.18. The SMILES string of the molecule is O=C(O)[C@@H](c1ccc(CO)cc1)N1CCN(CC2CC2)CC1. The van der Waals surface area contributed by atoms with Crippen LogP contribution in [0.3, 0.4) is 0 Å². The Hall–Kier alpha value is -1.43. The number of aliphatic carboxylic acids is 1. The second kappa shape index (κ2) is 6.77. The lowest BCUT2D eigenvalue weighted by molar-refractivity contribution is -0.144. The summed E-state index contributed by atoms with van der Waals surface area (Å²) in [5.41, 5.74) is 1.60. The van der Waals surface area contributed by atoms with E-state index in [1.165, 1.54) is 19.4 Å². The van der Waals surface area contributed by atoms with Crippen molar-refractivity contribution in [1.29, 1.82) is 0 Å². The molecule has 5 nitrogen and oxygen atoms in total. The van der Waals surface area contributed by atoms with E-state index in [4.69, 9.17) is 5.11 Å². The third kappa shape index (κ3) is 3.66. The van der Waals surface area contributed by atoms with E-state index in [0.29, 0.717) is 0 Å². The number of carboxylic acids is 1. The summed E-state index contributed by atoms with van der Waals surface area (Å²) in [6, 6.07) is 6.65. The summed E-state index contributed by atoms with van der Waals surface area (Å²) in [4.78, 5) is 16.2. The highest BCUT2D eigenvalue weighted by atomic mass is 16.4. The van der Waals surface area contributed by atoms with Crippen LogP contribution in [0.4, 0.5) is 0 Å². The molecule has 1 heterocycles. The van der Waals surface area contributed by atoms with E-state index < -0.39 is 12.0 Å². The van der Waals surface area contributed by atoms with E-state index in [9.17, 15) is 9.90 Å². The summed E-state index contributed by atoms with van der Waals surface area (Å²) in [6.45, 7) is 4.66. The third-order valence-electron chi connectivity index (χ3n) is 4.70. The number of nitrogens with zero attached hydrogens (tertiary/aromatic N) is 2. The lowest BCUT2D eigenvalue weighted by atomic mass is 10.0. The first kappa shape index (κ1) is 15.5. The van der Waals surface area contributed by atoms with Gasteiger partial charge in [0.25, 0.3) is 0 Å². The van der Waals surface area contributed by atoms with Crippen LogP contribution in [0.5, 0.6) is 0 Å². The van der Waals surface area contributed by atoms with Crippen LogP contribution in [0, 0.1) is 5.92 Å². The van der Waals surface area contributed by atoms with E-state index in [2.05, 4.69) is 9.80 Å². The maximum atomic E-state index is 11.7. The van der Waals surface area contributed by atoms with Crippen LogP contribution in [0.2, 0.25) is 0 Å². The summed E-state index contributed by atoms with van der Waals surface area (Å²) in [6.07, 6.45) is 2.71. The molecule has 0 radical (unpaired) electrons. The third-order valence-corrected chi connectivity index (χ3v) is 4.70. The average Bonchev–Trinajstić information content (AvgIpc) is 3.34. The van der Waals surface area contributed by atoms with Crippen molar-refractivity contribution in [2.24, 2.45) is 5.92 Å². The van der Waals surface area contributed by atoms with Crippen LogP contribution in [0.1, 0.15) is 30.0 Å². The van der Waals surface area contributed by atoms with Gasteiger partial charge in [-0.25, -0.2) is 0 Å². The van der Waals surface area contributed by atoms with Gasteiger partial charge in [-0.3, -0.25) is 9.69 Å². The summed E-state index contributed by atoms with van der Waals surface area (Å²) < 4.78 is 0. The van der Waals surface area contributed by atoms with Crippen molar-refractivity contribution in [3.63, 3.8) is 0 Å². The van der Waals surface area contributed by atoms with Crippen molar-refractivity contribution in [1.82, 2.24) is 9.80 Å². The smallest absolute Gasteiger partial charge is 0.325 e. The summed E-state index contributed by atoms with van der Waals surface area (Å²) in [5, 5.41) is 18.7. The maximum Gasteiger partial charge on any atom is 0.325 e. The number of carbonyl (C=O) groups is 1. The van der Waals surface area contributed by atoms with Gasteiger partial charge in [0.05, 0.1) is 6.61 Å². The van der Waals surface area contributed by atoms with Crippen LogP contribution < -0.4 is 0 Å². The molecule has 0 unspecified atom stereocenters. The zero-order chi connectivity index (χ0) is 15.5. The van der Waals surface area contributed by atoms with Gasteiger partial charge >= 0.3 is 5.97 Å². The molecule has 1 saturated carbocycles. The molecule has 0 amide bonds. The van der Waals surface area contributed by atoms with Crippen LogP contribution in [-0.4, -0.2) is 58.7 Å². The number of benzene rings is 1. The Balaban J connectivity index is 1.64. The van der Waals surface area contributed by atoms with Gasteiger partial charge in [0.2, 0.25) is 0 Å². The predicted octanol–water partition coefficient (Wildman–Crippen LogP) is 1.33. The summed E-state index contributed by atoms with van der Waals surface area (Å²) in [7, 11) is 0. The van der Waals surface area contributed by atoms with E-state index in [1.807, 2.05) is 12.1 Å². The van der Waals surface area contributed by atoms with Gasteiger partial charge in [0.1, 0.15) is 6.04 Å². The van der Waals surface area contributed by atoms with Gasteiger partial charge in [0.15, 0.2) is 0 Å². The second-order valence-corrected chi connectivity index (χ2v) is 6.42. The van der Waals surface area contributed by atoms with Gasteiger partial charge < -0.3 is 15.1 Å². The molecule has 0 bridgehead atoms. The first-order chi connectivity index (χ1) is 10.7. The monoisotopic (exact) mass is 304 g/mol. The zero-order valence-corrected chi connectivity index (χ0v) is 12.8. The molecule has 1 atom stereocenters. The van der Waals surface area contributed by atoms with Crippen LogP contribution in [0.15, 0.2) is 24.3 Å². The fraction of sp³-hybridized carbons (Fsp3) is 0.588. The number of rotatable bonds is 6. The quantitative estimate of drug-likeness (QED) is 0.830. The first-order valence-electron chi connectivity index (χ1n) is 8.06. The standard InChI is InChI=1S/C17H24N2O3/c20-12-14-3-5-15(6-4-14)16(17(21)22)19-9-7-18(8-10-19)11-13-1-2-13/h3-6,13,16,20H,1-2,7-12H2,(H,21,22)/t16-/m1/s1. The predicted molar refractivity (Wildman–Crippen MR) is 83.5 cm³/mol. The molecule has 1 aliphatic heterocycles. The van der Waals surface area contributed by atoms with Crippen molar-refractivity contribution in [3.8, 4) is 0 Å². The molecule has 0 aromatic heterocycles. The highest BCUT2D eigenvalue weighted by Gasteiger charge is 2.32. The largest absolute Gasteiger partial charge is 0.480 e. The molecule has 1 saturated heterocycles. The van der Waals surface area contributed by atoms with Crippen LogP contribution in [-0.2, 0) is 11.4 Å². The number of aliphatic hydroxyl groups is 1. The Morgan fingerprint density at radius 2 is 1.77 bits per heavy atom. The van der Waals surface area contributed by atoms with E-state index >= 15 is 0 Å². The zero-order valence-electron chi connectivity index (χ0n) is 12.8. The molecule has 1 aromatic rings. The minimum absolute atomic E-state index is 0.0160. The molecular formula is C17H24N2O3. The lowest BCUT2D eigenvalue weighted by Gasteiger charge is -2.38. The van der Waals surface area contributed by atoms with E-state index in [-0.39, 0.29) is 6.61 Å². The Morgan fingerprint density at radius 1 is 1.14 bits per heavy atom. The van der Waals surface area contributed by atoms with Crippen LogP contribution >= 0.6 is 0 Å². The topological polar surface area (TPSA) is 64.0 Å². The second-order valence-electron chi connectivity index (χ2n) is 6.42. The van der Waals surface area contributed by atoms with Crippen molar-refractivity contribution in [3.05, 3.63) is 35.4 Å². The molecule has 2 aliphatic rings. The van der Waals surface area contributed by atoms with Gasteiger partial charge in [-0.05, 0) is 29.9 Å². The van der Waals surface area contributed by atoms with Crippen molar-refractivity contribution < 1.29 is 15.0 Å². The Labute approximate surface area is 131 Å². The fourth-order valence-corrected chi connectivity index (χ4v) is 3.18. The summed E-state index contributed by atoms with van der Waals surface area (Å²) >= 11 is 0. The first-order valence-corrected chi connectivity index (χ1v) is 8.06. The molecule has 2 N–H and O–H groups in total. The summed E-state index contributed by atoms with van der Waals surface area (Å²) in [5.74, 6) is 0.0836. The van der Waals surface area contributed by atoms with E-state index in [1.54, 1.807) is 12.1 Å². The molecule has 22 heavy (non-hydrogen) atoms. The Morgan fingerprint density at radius 3 is 2.27 bits per heavy atom. The molecule has 120 valence electrons. The van der Waals surface area contributed by atoms with Gasteiger partial charge in [-0.15, -0.1) is 0 Å². The molecule has 3 rings (SSSR count). The normalized spacial score (nSPS) is 21.7. The Bertz CT molecular complexity index is 505. The maximum absolute atomic E-state index is 11.7. The van der Waals surface area contributed by atoms with E-state index in [0.717, 1.165) is 43.2 Å².